The Kier molecular flexibility index (Phi) is 9.00. The van der Waals surface area contributed by atoms with Crippen LogP contribution in [0.25, 0.3) is 6.08 Å². The normalized spacial score (nSPS) is 37.8. The summed E-state index contributed by atoms with van der Waals surface area (Å²) >= 11 is 0. The van der Waals surface area contributed by atoms with Gasteiger partial charge in [-0.3, -0.25) is 0 Å². The van der Waals surface area contributed by atoms with Crippen molar-refractivity contribution in [2.24, 2.45) is 0 Å². The average molecular weight is 504 g/mol. The van der Waals surface area contributed by atoms with Crippen molar-refractivity contribution in [1.29, 1.82) is 0 Å². The van der Waals surface area contributed by atoms with E-state index in [1.165, 1.54) is 24.3 Å². The lowest BCUT2D eigenvalue weighted by Gasteiger charge is -2.39. The third kappa shape index (κ3) is 6.07. The van der Waals surface area contributed by atoms with E-state index in [-0.39, 0.29) is 17.1 Å². The molecule has 0 saturated carbocycles. The van der Waals surface area contributed by atoms with Crippen LogP contribution in [0, 0.1) is 0 Å². The molecule has 35 heavy (non-hydrogen) atoms. The van der Waals surface area contributed by atoms with Gasteiger partial charge in [0.2, 0.25) is 12.6 Å². The predicted octanol–water partition coefficient (Wildman–Crippen LogP) is -4.07. The molecular weight excluding hydrogens is 476 g/mol. The number of esters is 1. The van der Waals surface area contributed by atoms with Crippen LogP contribution < -0.4 is 4.74 Å². The molecule has 0 spiro atoms. The summed E-state index contributed by atoms with van der Waals surface area (Å²) in [4.78, 5) is 12.1. The van der Waals surface area contributed by atoms with E-state index >= 15 is 0 Å². The Morgan fingerprint density at radius 1 is 0.829 bits per heavy atom. The first-order valence-electron chi connectivity index (χ1n) is 10.6. The Morgan fingerprint density at radius 2 is 1.37 bits per heavy atom. The summed E-state index contributed by atoms with van der Waals surface area (Å²) in [5.41, 5.74) is 0.285. The number of phenols is 1. The van der Waals surface area contributed by atoms with Gasteiger partial charge in [-0.05, 0) is 23.8 Å². The zero-order chi connectivity index (χ0) is 25.9. The summed E-state index contributed by atoms with van der Waals surface area (Å²) in [7, 11) is 0. The molecule has 0 aliphatic carbocycles. The molecule has 0 unspecified atom stereocenters. The van der Waals surface area contributed by atoms with E-state index in [2.05, 4.69) is 0 Å². The van der Waals surface area contributed by atoms with Crippen LogP contribution in [0.1, 0.15) is 5.56 Å². The Bertz CT molecular complexity index is 889. The molecule has 0 bridgehead atoms. The molecule has 3 rings (SSSR count). The fraction of sp³-hybridized carbons (Fsp3) is 0.571. The van der Waals surface area contributed by atoms with Crippen LogP contribution in [0.3, 0.4) is 0 Å². The van der Waals surface area contributed by atoms with Crippen molar-refractivity contribution >= 4 is 12.0 Å². The van der Waals surface area contributed by atoms with E-state index in [9.17, 15) is 50.8 Å². The highest BCUT2D eigenvalue weighted by atomic mass is 16.7. The summed E-state index contributed by atoms with van der Waals surface area (Å²) in [6.07, 6.45) is -13.6. The number of rotatable bonds is 7. The maximum Gasteiger partial charge on any atom is 0.333 e. The summed E-state index contributed by atoms with van der Waals surface area (Å²) in [6, 6.07) is 3.82. The summed E-state index contributed by atoms with van der Waals surface area (Å²) in [5.74, 6) is -1.62. The van der Waals surface area contributed by atoms with E-state index < -0.39 is 80.6 Å². The highest BCUT2D eigenvalue weighted by molar-refractivity contribution is 5.87. The smallest absolute Gasteiger partial charge is 0.333 e. The van der Waals surface area contributed by atoms with Gasteiger partial charge in [0.1, 0.15) is 48.8 Å². The topological polar surface area (TPSA) is 236 Å². The third-order valence-corrected chi connectivity index (χ3v) is 5.57. The Labute approximate surface area is 198 Å². The number of benzene rings is 1. The van der Waals surface area contributed by atoms with Gasteiger partial charge in [0.25, 0.3) is 0 Å². The molecule has 196 valence electrons. The quantitative estimate of drug-likeness (QED) is 0.127. The first kappa shape index (κ1) is 27.2. The van der Waals surface area contributed by atoms with Crippen molar-refractivity contribution in [3.63, 3.8) is 0 Å². The van der Waals surface area contributed by atoms with Crippen molar-refractivity contribution in [1.82, 2.24) is 0 Å². The summed E-state index contributed by atoms with van der Waals surface area (Å²) in [6.45, 7) is -1.37. The van der Waals surface area contributed by atoms with Gasteiger partial charge in [0, 0.05) is 6.08 Å². The van der Waals surface area contributed by atoms with E-state index in [1.54, 1.807) is 0 Å². The van der Waals surface area contributed by atoms with Gasteiger partial charge in [0.15, 0.2) is 11.5 Å². The number of carbonyl (C=O) groups is 1. The molecule has 0 radical (unpaired) electrons. The van der Waals surface area contributed by atoms with Gasteiger partial charge in [-0.2, -0.15) is 0 Å². The molecule has 2 saturated heterocycles. The maximum absolute atomic E-state index is 12.1. The second-order valence-corrected chi connectivity index (χ2v) is 8.01. The van der Waals surface area contributed by atoms with Gasteiger partial charge >= 0.3 is 5.97 Å². The van der Waals surface area contributed by atoms with Crippen LogP contribution in [0.15, 0.2) is 24.3 Å². The van der Waals surface area contributed by atoms with Crippen molar-refractivity contribution in [2.45, 2.75) is 61.4 Å². The summed E-state index contributed by atoms with van der Waals surface area (Å²) in [5, 5.41) is 87.7. The first-order chi connectivity index (χ1) is 16.6. The molecule has 14 nitrogen and oxygen atoms in total. The lowest BCUT2D eigenvalue weighted by molar-refractivity contribution is -0.291. The standard InChI is InChI=1S/C21H28O14/c22-6-11-14(26)16(28)18(30)20(33-11)32-10-5-8(1-3-9(10)24)2-4-13(25)35-21-19(31)17(29)15(27)12(7-23)34-21/h1-5,11-12,14-24,26-31H,6-7H2/b4-2+/t11-,12-,14+,15-,16-,17+,18-,19-,20+,21+/m1/s1. The fourth-order valence-corrected chi connectivity index (χ4v) is 3.50. The molecule has 2 fully saturated rings. The van der Waals surface area contributed by atoms with E-state index in [0.717, 1.165) is 6.08 Å². The van der Waals surface area contributed by atoms with Crippen molar-refractivity contribution in [2.75, 3.05) is 13.2 Å². The minimum absolute atomic E-state index is 0.223. The zero-order valence-corrected chi connectivity index (χ0v) is 18.1. The fourth-order valence-electron chi connectivity index (χ4n) is 3.50. The van der Waals surface area contributed by atoms with Gasteiger partial charge in [-0.15, -0.1) is 0 Å². The van der Waals surface area contributed by atoms with Crippen LogP contribution in [-0.2, 0) is 19.0 Å². The lowest BCUT2D eigenvalue weighted by atomic mass is 9.99. The summed E-state index contributed by atoms with van der Waals surface area (Å²) < 4.78 is 20.6. The minimum Gasteiger partial charge on any atom is -0.504 e. The number of hydrogen-bond acceptors (Lipinski definition) is 14. The first-order valence-corrected chi connectivity index (χ1v) is 10.6. The Hall–Kier alpha value is -2.37. The van der Waals surface area contributed by atoms with Gasteiger partial charge in [0.05, 0.1) is 13.2 Å². The van der Waals surface area contributed by atoms with Crippen molar-refractivity contribution in [3.05, 3.63) is 29.8 Å². The predicted molar refractivity (Wildman–Crippen MR) is 111 cm³/mol. The van der Waals surface area contributed by atoms with Crippen LogP contribution in [0.2, 0.25) is 0 Å². The number of aliphatic hydroxyl groups excluding tert-OH is 8. The SMILES string of the molecule is O=C(/C=C/c1ccc(O)c(O[C@H]2O[C@H](CO)[C@H](O)[C@@H](O)[C@H]2O)c1)O[C@@H]1O[C@H](CO)[C@@H](O)[C@H](O)[C@H]1O. The number of phenolic OH excluding ortho intramolecular Hbond substituents is 1. The van der Waals surface area contributed by atoms with Crippen LogP contribution in [-0.4, -0.2) is 127 Å². The van der Waals surface area contributed by atoms with Gasteiger partial charge in [-0.1, -0.05) is 6.07 Å². The average Bonchev–Trinajstić information content (AvgIpc) is 2.84. The Balaban J connectivity index is 1.66. The monoisotopic (exact) mass is 504 g/mol. The maximum atomic E-state index is 12.1. The molecule has 0 aromatic heterocycles. The van der Waals surface area contributed by atoms with E-state index in [1.807, 2.05) is 0 Å². The van der Waals surface area contributed by atoms with Crippen LogP contribution >= 0.6 is 0 Å². The van der Waals surface area contributed by atoms with Crippen molar-refractivity contribution in [3.8, 4) is 11.5 Å². The highest BCUT2D eigenvalue weighted by Crippen LogP contribution is 2.31. The molecule has 14 heteroatoms. The van der Waals surface area contributed by atoms with E-state index in [4.69, 9.17) is 18.9 Å². The number of carbonyl (C=O) groups excluding carboxylic acids is 1. The Morgan fingerprint density at radius 3 is 1.94 bits per heavy atom. The number of aromatic hydroxyl groups is 1. The third-order valence-electron chi connectivity index (χ3n) is 5.57. The number of ether oxygens (including phenoxy) is 4. The molecule has 9 N–H and O–H groups in total. The van der Waals surface area contributed by atoms with Gasteiger partial charge in [-0.25, -0.2) is 4.79 Å². The van der Waals surface area contributed by atoms with Crippen molar-refractivity contribution < 1.29 is 69.7 Å². The molecule has 0 amide bonds. The van der Waals surface area contributed by atoms with Crippen LogP contribution in [0.5, 0.6) is 11.5 Å². The number of hydrogen-bond donors (Lipinski definition) is 9. The minimum atomic E-state index is -1.77. The molecule has 1 aromatic carbocycles. The van der Waals surface area contributed by atoms with Gasteiger partial charge < -0.3 is 64.9 Å². The highest BCUT2D eigenvalue weighted by Gasteiger charge is 2.46. The lowest BCUT2D eigenvalue weighted by Crippen LogP contribution is -2.60. The second-order valence-electron chi connectivity index (χ2n) is 8.01. The number of aliphatic hydroxyl groups is 8. The molecule has 2 heterocycles. The molecule has 2 aliphatic heterocycles. The molecule has 2 aliphatic rings. The zero-order valence-electron chi connectivity index (χ0n) is 18.1. The largest absolute Gasteiger partial charge is 0.504 e. The second kappa shape index (κ2) is 11.6. The molecular formula is C21H28O14. The molecule has 10 atom stereocenters. The van der Waals surface area contributed by atoms with E-state index in [0.29, 0.717) is 0 Å². The molecule has 1 aromatic rings. The van der Waals surface area contributed by atoms with Crippen LogP contribution in [0.4, 0.5) is 0 Å².